The molecular formula is C41H44N2O4. The van der Waals surface area contributed by atoms with Crippen molar-refractivity contribution in [2.45, 2.75) is 58.5 Å². The van der Waals surface area contributed by atoms with Gasteiger partial charge in [-0.3, -0.25) is 9.69 Å². The fourth-order valence-corrected chi connectivity index (χ4v) is 6.41. The van der Waals surface area contributed by atoms with Crippen LogP contribution in [0.1, 0.15) is 67.0 Å². The molecule has 242 valence electrons. The Morgan fingerprint density at radius 3 is 2.26 bits per heavy atom. The number of amides is 1. The van der Waals surface area contributed by atoms with Gasteiger partial charge in [0.2, 0.25) is 5.91 Å². The number of benzene rings is 5. The van der Waals surface area contributed by atoms with E-state index in [0.717, 1.165) is 39.9 Å². The summed E-state index contributed by atoms with van der Waals surface area (Å²) in [5.74, 6) is 0.0416. The van der Waals surface area contributed by atoms with E-state index < -0.39 is 6.29 Å². The summed E-state index contributed by atoms with van der Waals surface area (Å²) in [5.41, 5.74) is 7.40. The molecular weight excluding hydrogens is 584 g/mol. The summed E-state index contributed by atoms with van der Waals surface area (Å²) >= 11 is 0. The molecule has 0 aliphatic carbocycles. The topological polar surface area (TPSA) is 71.0 Å². The van der Waals surface area contributed by atoms with Crippen LogP contribution in [0.15, 0.2) is 115 Å². The zero-order valence-corrected chi connectivity index (χ0v) is 27.6. The van der Waals surface area contributed by atoms with Crippen LogP contribution in [0.2, 0.25) is 0 Å². The molecule has 0 spiro atoms. The first kappa shape index (κ1) is 32.6. The third kappa shape index (κ3) is 7.64. The van der Waals surface area contributed by atoms with Gasteiger partial charge in [0.05, 0.1) is 18.8 Å². The van der Waals surface area contributed by atoms with Crippen molar-refractivity contribution in [1.29, 1.82) is 0 Å². The van der Waals surface area contributed by atoms with Gasteiger partial charge in [-0.2, -0.15) is 0 Å². The molecule has 2 N–H and O–H groups in total. The van der Waals surface area contributed by atoms with Crippen molar-refractivity contribution in [1.82, 2.24) is 10.2 Å². The Kier molecular flexibility index (Phi) is 10.1. The summed E-state index contributed by atoms with van der Waals surface area (Å²) in [6, 6.07) is 40.0. The number of carbonyl (C=O) groups is 1. The Hall–Kier alpha value is -4.33. The maximum absolute atomic E-state index is 11.4. The molecule has 0 saturated carbocycles. The third-order valence-corrected chi connectivity index (χ3v) is 9.49. The minimum atomic E-state index is -0.539. The molecule has 0 radical (unpaired) electrons. The third-order valence-electron chi connectivity index (χ3n) is 9.49. The normalized spacial score (nSPS) is 20.3. The van der Waals surface area contributed by atoms with Crippen LogP contribution in [0.25, 0.3) is 21.9 Å². The predicted octanol–water partition coefficient (Wildman–Crippen LogP) is 8.12. The van der Waals surface area contributed by atoms with Crippen molar-refractivity contribution >= 4 is 16.7 Å². The lowest BCUT2D eigenvalue weighted by molar-refractivity contribution is -0.276. The molecule has 6 nitrogen and oxygen atoms in total. The molecule has 1 amide bonds. The van der Waals surface area contributed by atoms with Crippen molar-refractivity contribution in [3.8, 4) is 11.1 Å². The largest absolute Gasteiger partial charge is 0.392 e. The van der Waals surface area contributed by atoms with Gasteiger partial charge >= 0.3 is 0 Å². The fourth-order valence-electron chi connectivity index (χ4n) is 6.41. The molecule has 5 atom stereocenters. The molecule has 5 aromatic carbocycles. The minimum Gasteiger partial charge on any atom is -0.392 e. The predicted molar refractivity (Wildman–Crippen MR) is 187 cm³/mol. The number of nitrogens with zero attached hydrogens (tertiary/aromatic N) is 1. The zero-order chi connectivity index (χ0) is 32.9. The van der Waals surface area contributed by atoms with E-state index in [1.165, 1.54) is 23.3 Å². The van der Waals surface area contributed by atoms with E-state index in [-0.39, 0.29) is 36.7 Å². The Bertz CT molecular complexity index is 1800. The van der Waals surface area contributed by atoms with E-state index in [2.05, 4.69) is 122 Å². The SMILES string of the molecule is CC(=O)NCc1cccc(-c2ccc([C@@H]3O[C@H](CN(C)[C@H](C)c4ccc5ccccc5c4)[C@H](C)[C@H](c4ccc(CO)cc4)O3)cc2)c1. The molecule has 1 aliphatic rings. The Morgan fingerprint density at radius 1 is 0.809 bits per heavy atom. The number of aliphatic hydroxyl groups is 1. The number of aliphatic hydroxyl groups excluding tert-OH is 1. The van der Waals surface area contributed by atoms with Gasteiger partial charge in [0.15, 0.2) is 6.29 Å². The first-order valence-electron chi connectivity index (χ1n) is 16.4. The van der Waals surface area contributed by atoms with E-state index in [4.69, 9.17) is 9.47 Å². The summed E-state index contributed by atoms with van der Waals surface area (Å²) < 4.78 is 13.5. The molecule has 6 rings (SSSR count). The summed E-state index contributed by atoms with van der Waals surface area (Å²) in [6.07, 6.45) is -0.807. The second kappa shape index (κ2) is 14.6. The monoisotopic (exact) mass is 628 g/mol. The maximum atomic E-state index is 11.4. The highest BCUT2D eigenvalue weighted by atomic mass is 16.7. The lowest BCUT2D eigenvalue weighted by atomic mass is 9.89. The van der Waals surface area contributed by atoms with E-state index in [1.54, 1.807) is 0 Å². The number of ether oxygens (including phenoxy) is 2. The Labute approximate surface area is 278 Å². The number of hydrogen-bond acceptors (Lipinski definition) is 5. The van der Waals surface area contributed by atoms with Crippen LogP contribution in [0.4, 0.5) is 0 Å². The van der Waals surface area contributed by atoms with E-state index >= 15 is 0 Å². The van der Waals surface area contributed by atoms with Crippen LogP contribution < -0.4 is 5.32 Å². The summed E-state index contributed by atoms with van der Waals surface area (Å²) in [5, 5.41) is 15.0. The molecule has 1 aliphatic heterocycles. The van der Waals surface area contributed by atoms with Gasteiger partial charge in [-0.05, 0) is 70.3 Å². The van der Waals surface area contributed by atoms with Crippen molar-refractivity contribution in [2.75, 3.05) is 13.6 Å². The molecule has 47 heavy (non-hydrogen) atoms. The van der Waals surface area contributed by atoms with Crippen LogP contribution in [0.3, 0.4) is 0 Å². The van der Waals surface area contributed by atoms with Crippen LogP contribution in [-0.2, 0) is 27.4 Å². The minimum absolute atomic E-state index is 0.00959. The summed E-state index contributed by atoms with van der Waals surface area (Å²) in [7, 11) is 2.17. The van der Waals surface area contributed by atoms with Crippen LogP contribution >= 0.6 is 0 Å². The summed E-state index contributed by atoms with van der Waals surface area (Å²) in [4.78, 5) is 13.8. The summed E-state index contributed by atoms with van der Waals surface area (Å²) in [6.45, 7) is 7.23. The second-order valence-corrected chi connectivity index (χ2v) is 12.8. The van der Waals surface area contributed by atoms with Crippen LogP contribution in [0.5, 0.6) is 0 Å². The zero-order valence-electron chi connectivity index (χ0n) is 27.6. The standard InChI is InChI=1S/C41H44N2O4/c1-27-39(25-43(4)28(2)36-21-18-32-9-5-6-10-38(32)23-36)46-41(47-40(27)34-14-12-30(26-44)13-15-34)35-19-16-33(17-20-35)37-11-7-8-31(22-37)24-42-29(3)45/h5-23,27-28,39-41,44H,24-26H2,1-4H3,(H,42,45)/t27-,28+,39+,40+,41+/m0/s1. The highest BCUT2D eigenvalue weighted by Crippen LogP contribution is 2.42. The van der Waals surface area contributed by atoms with Gasteiger partial charge < -0.3 is 19.9 Å². The average Bonchev–Trinajstić information content (AvgIpc) is 3.11. The van der Waals surface area contributed by atoms with Crippen molar-refractivity contribution in [3.63, 3.8) is 0 Å². The van der Waals surface area contributed by atoms with Gasteiger partial charge in [-0.15, -0.1) is 0 Å². The van der Waals surface area contributed by atoms with E-state index in [1.807, 2.05) is 24.3 Å². The van der Waals surface area contributed by atoms with Crippen molar-refractivity contribution < 1.29 is 19.4 Å². The molecule has 0 unspecified atom stereocenters. The first-order valence-corrected chi connectivity index (χ1v) is 16.4. The van der Waals surface area contributed by atoms with Gasteiger partial charge in [0, 0.05) is 37.5 Å². The number of hydrogen-bond donors (Lipinski definition) is 2. The van der Waals surface area contributed by atoms with Gasteiger partial charge in [-0.25, -0.2) is 0 Å². The Morgan fingerprint density at radius 2 is 1.53 bits per heavy atom. The van der Waals surface area contributed by atoms with E-state index in [9.17, 15) is 9.90 Å². The number of fused-ring (bicyclic) bond motifs is 1. The quantitative estimate of drug-likeness (QED) is 0.164. The molecule has 0 aromatic heterocycles. The molecule has 1 fully saturated rings. The molecule has 5 aromatic rings. The molecule has 0 bridgehead atoms. The Balaban J connectivity index is 1.24. The smallest absolute Gasteiger partial charge is 0.217 e. The van der Waals surface area contributed by atoms with Crippen LogP contribution in [0, 0.1) is 5.92 Å². The van der Waals surface area contributed by atoms with Gasteiger partial charge in [0.1, 0.15) is 0 Å². The van der Waals surface area contributed by atoms with Gasteiger partial charge in [0.25, 0.3) is 0 Å². The van der Waals surface area contributed by atoms with Crippen LogP contribution in [-0.4, -0.2) is 35.6 Å². The lowest BCUT2D eigenvalue weighted by Gasteiger charge is -2.43. The first-order chi connectivity index (χ1) is 22.8. The van der Waals surface area contributed by atoms with Crippen molar-refractivity contribution in [3.05, 3.63) is 143 Å². The van der Waals surface area contributed by atoms with Crippen molar-refractivity contribution in [2.24, 2.45) is 5.92 Å². The average molecular weight is 629 g/mol. The molecule has 1 heterocycles. The number of carbonyl (C=O) groups excluding carboxylic acids is 1. The number of rotatable bonds is 10. The highest BCUT2D eigenvalue weighted by molar-refractivity contribution is 5.83. The second-order valence-electron chi connectivity index (χ2n) is 12.8. The maximum Gasteiger partial charge on any atom is 0.217 e. The fraction of sp³-hybridized carbons (Fsp3) is 0.293. The molecule has 6 heteroatoms. The highest BCUT2D eigenvalue weighted by Gasteiger charge is 2.39. The number of nitrogens with one attached hydrogen (secondary N) is 1. The van der Waals surface area contributed by atoms with Gasteiger partial charge in [-0.1, -0.05) is 110 Å². The van der Waals surface area contributed by atoms with E-state index in [0.29, 0.717) is 6.54 Å². The lowest BCUT2D eigenvalue weighted by Crippen LogP contribution is -2.44. The number of likely N-dealkylation sites (N-methyl/N-ethyl adjacent to an activating group) is 1. The molecule has 1 saturated heterocycles.